The van der Waals surface area contributed by atoms with Gasteiger partial charge in [0, 0.05) is 31.6 Å². The minimum atomic E-state index is -0.0375. The molecule has 0 unspecified atom stereocenters. The Hall–Kier alpha value is -2.82. The number of carbonyl (C=O) groups excluding carboxylic acids is 2. The maximum Gasteiger partial charge on any atom is 0.227 e. The van der Waals surface area contributed by atoms with Gasteiger partial charge in [0.2, 0.25) is 11.8 Å². The van der Waals surface area contributed by atoms with Crippen LogP contribution in [0.2, 0.25) is 0 Å². The quantitative estimate of drug-likeness (QED) is 0.741. The van der Waals surface area contributed by atoms with Crippen molar-refractivity contribution >= 4 is 17.5 Å². The van der Waals surface area contributed by atoms with Crippen LogP contribution in [-0.2, 0) is 16.0 Å². The molecule has 3 rings (SSSR count). The molecule has 5 nitrogen and oxygen atoms in total. The predicted molar refractivity (Wildman–Crippen MR) is 110 cm³/mol. The van der Waals surface area contributed by atoms with Crippen LogP contribution < -0.4 is 10.1 Å². The normalized spacial score (nSPS) is 14.5. The molecule has 1 aliphatic heterocycles. The lowest BCUT2D eigenvalue weighted by atomic mass is 9.96. The Bertz CT molecular complexity index is 766. The zero-order valence-electron chi connectivity index (χ0n) is 16.4. The second-order valence-corrected chi connectivity index (χ2v) is 7.23. The summed E-state index contributed by atoms with van der Waals surface area (Å²) in [6, 6.07) is 17.9. The van der Waals surface area contributed by atoms with E-state index in [1.807, 2.05) is 30.3 Å². The van der Waals surface area contributed by atoms with Crippen LogP contribution in [-0.4, -0.2) is 36.4 Å². The van der Waals surface area contributed by atoms with Crippen molar-refractivity contribution in [2.24, 2.45) is 5.92 Å². The van der Waals surface area contributed by atoms with Crippen LogP contribution in [0.15, 0.2) is 54.6 Å². The first-order valence-electron chi connectivity index (χ1n) is 9.95. The third-order valence-corrected chi connectivity index (χ3v) is 5.15. The lowest BCUT2D eigenvalue weighted by molar-refractivity contribution is -0.132. The van der Waals surface area contributed by atoms with Gasteiger partial charge in [-0.15, -0.1) is 0 Å². The molecule has 1 saturated heterocycles. The van der Waals surface area contributed by atoms with E-state index >= 15 is 0 Å². The molecule has 0 aromatic heterocycles. The smallest absolute Gasteiger partial charge is 0.227 e. The molecule has 2 amide bonds. The van der Waals surface area contributed by atoms with Crippen LogP contribution >= 0.6 is 0 Å². The number of amides is 2. The molecule has 1 aliphatic rings. The van der Waals surface area contributed by atoms with Crippen molar-refractivity contribution in [3.05, 3.63) is 60.2 Å². The van der Waals surface area contributed by atoms with Gasteiger partial charge in [0.1, 0.15) is 5.75 Å². The third kappa shape index (κ3) is 5.84. The van der Waals surface area contributed by atoms with E-state index in [9.17, 15) is 9.59 Å². The van der Waals surface area contributed by atoms with E-state index in [2.05, 4.69) is 29.6 Å². The summed E-state index contributed by atoms with van der Waals surface area (Å²) in [6.07, 6.45) is 3.39. The summed E-state index contributed by atoms with van der Waals surface area (Å²) in [5.74, 6) is 0.878. The molecule has 1 N–H and O–H groups in total. The highest BCUT2D eigenvalue weighted by molar-refractivity contribution is 5.92. The first-order chi connectivity index (χ1) is 13.6. The van der Waals surface area contributed by atoms with Crippen LogP contribution in [0.5, 0.6) is 5.75 Å². The number of carbonyl (C=O) groups is 2. The summed E-state index contributed by atoms with van der Waals surface area (Å²) in [7, 11) is 0. The number of ether oxygens (including phenoxy) is 1. The Labute approximate surface area is 166 Å². The standard InChI is InChI=1S/C23H28N2O3/c1-18(26)25-15-13-20(14-16-25)23(27)24-21-9-11-22(12-10-21)28-17-5-8-19-6-3-2-4-7-19/h2-4,6-7,9-12,20H,5,8,13-17H2,1H3,(H,24,27). The van der Waals surface area contributed by atoms with Gasteiger partial charge in [0.15, 0.2) is 0 Å². The summed E-state index contributed by atoms with van der Waals surface area (Å²) < 4.78 is 5.79. The van der Waals surface area contributed by atoms with Gasteiger partial charge in [-0.2, -0.15) is 0 Å². The Morgan fingerprint density at radius 2 is 1.71 bits per heavy atom. The van der Waals surface area contributed by atoms with E-state index in [0.29, 0.717) is 32.5 Å². The second-order valence-electron chi connectivity index (χ2n) is 7.23. The van der Waals surface area contributed by atoms with Crippen molar-refractivity contribution in [2.75, 3.05) is 25.0 Å². The summed E-state index contributed by atoms with van der Waals surface area (Å²) in [6.45, 7) is 3.55. The van der Waals surface area contributed by atoms with E-state index in [4.69, 9.17) is 4.74 Å². The molecular weight excluding hydrogens is 352 g/mol. The molecule has 1 fully saturated rings. The van der Waals surface area contributed by atoms with Crippen molar-refractivity contribution < 1.29 is 14.3 Å². The average Bonchev–Trinajstić information content (AvgIpc) is 2.73. The van der Waals surface area contributed by atoms with Gasteiger partial charge in [0.05, 0.1) is 6.61 Å². The zero-order valence-corrected chi connectivity index (χ0v) is 16.4. The van der Waals surface area contributed by atoms with Gasteiger partial charge in [-0.05, 0) is 55.5 Å². The molecule has 28 heavy (non-hydrogen) atoms. The summed E-state index contributed by atoms with van der Waals surface area (Å²) in [5, 5.41) is 2.97. The topological polar surface area (TPSA) is 58.6 Å². The highest BCUT2D eigenvalue weighted by Gasteiger charge is 2.25. The number of likely N-dealkylation sites (tertiary alicyclic amines) is 1. The molecule has 0 aliphatic carbocycles. The molecule has 1 heterocycles. The fourth-order valence-electron chi connectivity index (χ4n) is 3.45. The van der Waals surface area contributed by atoms with Crippen molar-refractivity contribution in [1.82, 2.24) is 4.90 Å². The minimum absolute atomic E-state index is 0.0275. The molecular formula is C23H28N2O3. The largest absolute Gasteiger partial charge is 0.494 e. The molecule has 5 heteroatoms. The van der Waals surface area contributed by atoms with Gasteiger partial charge in [0.25, 0.3) is 0 Å². The van der Waals surface area contributed by atoms with Crippen molar-refractivity contribution in [2.45, 2.75) is 32.6 Å². The van der Waals surface area contributed by atoms with Gasteiger partial charge in [-0.25, -0.2) is 0 Å². The van der Waals surface area contributed by atoms with Gasteiger partial charge < -0.3 is 15.0 Å². The van der Waals surface area contributed by atoms with E-state index in [0.717, 1.165) is 24.3 Å². The summed E-state index contributed by atoms with van der Waals surface area (Å²) >= 11 is 0. The number of piperidine rings is 1. The maximum atomic E-state index is 12.4. The fourth-order valence-corrected chi connectivity index (χ4v) is 3.45. The Kier molecular flexibility index (Phi) is 7.06. The van der Waals surface area contributed by atoms with Gasteiger partial charge >= 0.3 is 0 Å². The second kappa shape index (κ2) is 9.93. The Balaban J connectivity index is 1.39. The van der Waals surface area contributed by atoms with Crippen molar-refractivity contribution in [3.63, 3.8) is 0 Å². The highest BCUT2D eigenvalue weighted by atomic mass is 16.5. The molecule has 0 radical (unpaired) electrons. The molecule has 0 saturated carbocycles. The van der Waals surface area contributed by atoms with E-state index in [1.165, 1.54) is 5.56 Å². The molecule has 2 aromatic rings. The monoisotopic (exact) mass is 380 g/mol. The summed E-state index contributed by atoms with van der Waals surface area (Å²) in [5.41, 5.74) is 2.09. The van der Waals surface area contributed by atoms with Gasteiger partial charge in [-0.1, -0.05) is 30.3 Å². The lowest BCUT2D eigenvalue weighted by Gasteiger charge is -2.30. The van der Waals surface area contributed by atoms with E-state index in [1.54, 1.807) is 11.8 Å². The highest BCUT2D eigenvalue weighted by Crippen LogP contribution is 2.21. The fraction of sp³-hybridized carbons (Fsp3) is 0.391. The van der Waals surface area contributed by atoms with Crippen LogP contribution in [0, 0.1) is 5.92 Å². The first-order valence-corrected chi connectivity index (χ1v) is 9.95. The number of nitrogens with one attached hydrogen (secondary N) is 1. The molecule has 0 bridgehead atoms. The summed E-state index contributed by atoms with van der Waals surface area (Å²) in [4.78, 5) is 25.6. The molecule has 0 atom stereocenters. The Morgan fingerprint density at radius 1 is 1.04 bits per heavy atom. The number of aryl methyl sites for hydroxylation is 1. The number of benzene rings is 2. The van der Waals surface area contributed by atoms with E-state index in [-0.39, 0.29) is 17.7 Å². The number of hydrogen-bond acceptors (Lipinski definition) is 3. The number of anilines is 1. The van der Waals surface area contributed by atoms with Crippen molar-refractivity contribution in [3.8, 4) is 5.75 Å². The first kappa shape index (κ1) is 19.9. The molecule has 0 spiro atoms. The average molecular weight is 380 g/mol. The maximum absolute atomic E-state index is 12.4. The van der Waals surface area contributed by atoms with Gasteiger partial charge in [-0.3, -0.25) is 9.59 Å². The predicted octanol–water partition coefficient (Wildman–Crippen LogP) is 3.90. The SMILES string of the molecule is CC(=O)N1CCC(C(=O)Nc2ccc(OCCCc3ccccc3)cc2)CC1. The third-order valence-electron chi connectivity index (χ3n) is 5.15. The van der Waals surface area contributed by atoms with Crippen LogP contribution in [0.25, 0.3) is 0 Å². The number of nitrogens with zero attached hydrogens (tertiary/aromatic N) is 1. The minimum Gasteiger partial charge on any atom is -0.494 e. The zero-order chi connectivity index (χ0) is 19.8. The number of rotatable bonds is 7. The van der Waals surface area contributed by atoms with Crippen LogP contribution in [0.3, 0.4) is 0 Å². The molecule has 2 aromatic carbocycles. The van der Waals surface area contributed by atoms with E-state index < -0.39 is 0 Å². The molecule has 148 valence electrons. The van der Waals surface area contributed by atoms with Crippen molar-refractivity contribution in [1.29, 1.82) is 0 Å². The Morgan fingerprint density at radius 3 is 2.36 bits per heavy atom. The number of hydrogen-bond donors (Lipinski definition) is 1. The lowest BCUT2D eigenvalue weighted by Crippen LogP contribution is -2.40. The van der Waals surface area contributed by atoms with Crippen LogP contribution in [0.1, 0.15) is 31.7 Å². The van der Waals surface area contributed by atoms with Crippen LogP contribution in [0.4, 0.5) is 5.69 Å².